The quantitative estimate of drug-likeness (QED) is 0.715. The van der Waals surface area contributed by atoms with Gasteiger partial charge in [-0.2, -0.15) is 0 Å². The van der Waals surface area contributed by atoms with Crippen LogP contribution in [0.2, 0.25) is 0 Å². The number of pyridine rings is 1. The maximum Gasteiger partial charge on any atom is 0.242 e. The summed E-state index contributed by atoms with van der Waals surface area (Å²) in [6.07, 6.45) is 0. The highest BCUT2D eigenvalue weighted by Gasteiger charge is 2.07. The van der Waals surface area contributed by atoms with Crippen molar-refractivity contribution in [1.82, 2.24) is 4.98 Å². The van der Waals surface area contributed by atoms with Gasteiger partial charge < -0.3 is 11.1 Å². The third-order valence-corrected chi connectivity index (χ3v) is 3.50. The first-order valence-electron chi connectivity index (χ1n) is 7.66. The van der Waals surface area contributed by atoms with Gasteiger partial charge in [0, 0.05) is 5.56 Å². The average molecular weight is 315 g/mol. The Morgan fingerprint density at radius 2 is 1.83 bits per heavy atom. The second-order valence-electron chi connectivity index (χ2n) is 5.50. The van der Waals surface area contributed by atoms with E-state index >= 15 is 0 Å². The Morgan fingerprint density at radius 3 is 2.62 bits per heavy atom. The molecule has 1 amide bonds. The molecule has 0 saturated carbocycles. The molecule has 0 saturated heterocycles. The molecular weight excluding hydrogens is 298 g/mol. The minimum atomic E-state index is -0.584. The van der Waals surface area contributed by atoms with Crippen LogP contribution in [0.1, 0.15) is 18.2 Å². The van der Waals surface area contributed by atoms with Crippen LogP contribution in [-0.2, 0) is 4.79 Å². The van der Waals surface area contributed by atoms with Crippen LogP contribution in [0.15, 0.2) is 60.7 Å². The minimum absolute atomic E-state index is 0.276. The topological polar surface area (TPSA) is 68.0 Å². The molecule has 0 bridgehead atoms. The summed E-state index contributed by atoms with van der Waals surface area (Å²) < 4.78 is 0. The molecule has 0 aliphatic heterocycles. The largest absolute Gasteiger partial charge is 0.320 e. The van der Waals surface area contributed by atoms with Gasteiger partial charge in [-0.05, 0) is 47.9 Å². The summed E-state index contributed by atoms with van der Waals surface area (Å²) in [6, 6.07) is 18.9. The Labute approximate surface area is 140 Å². The highest BCUT2D eigenvalue weighted by molar-refractivity contribution is 5.93. The number of fused-ring (bicyclic) bond motifs is 1. The fraction of sp³-hybridized carbons (Fsp3) is 0.100. The van der Waals surface area contributed by atoms with Gasteiger partial charge in [0.15, 0.2) is 0 Å². The van der Waals surface area contributed by atoms with Gasteiger partial charge in [0.25, 0.3) is 0 Å². The number of carbonyl (C=O) groups excluding carboxylic acids is 1. The number of benzene rings is 2. The van der Waals surface area contributed by atoms with E-state index in [1.807, 2.05) is 30.3 Å². The molecule has 0 radical (unpaired) electrons. The van der Waals surface area contributed by atoms with Crippen molar-refractivity contribution in [1.29, 1.82) is 0 Å². The van der Waals surface area contributed by atoms with E-state index in [0.29, 0.717) is 11.5 Å². The zero-order chi connectivity index (χ0) is 16.9. The van der Waals surface area contributed by atoms with E-state index in [0.717, 1.165) is 10.9 Å². The van der Waals surface area contributed by atoms with Crippen LogP contribution >= 0.6 is 0 Å². The normalized spacial score (nSPS) is 11.4. The SMILES string of the molecule is CC(N)C(=O)Nc1cccc(C#Cc2ccc3ccccc3c2)n1. The van der Waals surface area contributed by atoms with Crippen molar-refractivity contribution >= 4 is 22.5 Å². The van der Waals surface area contributed by atoms with Crippen molar-refractivity contribution in [2.24, 2.45) is 5.73 Å². The summed E-state index contributed by atoms with van der Waals surface area (Å²) in [6.45, 7) is 1.62. The highest BCUT2D eigenvalue weighted by Crippen LogP contribution is 2.15. The molecule has 0 aliphatic carbocycles. The van der Waals surface area contributed by atoms with Crippen LogP contribution in [0.4, 0.5) is 5.82 Å². The number of aromatic nitrogens is 1. The van der Waals surface area contributed by atoms with Crippen molar-refractivity contribution in [3.05, 3.63) is 71.9 Å². The van der Waals surface area contributed by atoms with Crippen molar-refractivity contribution in [3.63, 3.8) is 0 Å². The van der Waals surface area contributed by atoms with Crippen LogP contribution in [0.25, 0.3) is 10.8 Å². The van der Waals surface area contributed by atoms with E-state index in [1.165, 1.54) is 5.39 Å². The Hall–Kier alpha value is -3.16. The molecule has 3 aromatic rings. The monoisotopic (exact) mass is 315 g/mol. The molecule has 0 spiro atoms. The smallest absolute Gasteiger partial charge is 0.242 e. The van der Waals surface area contributed by atoms with Crippen LogP contribution in [0.5, 0.6) is 0 Å². The third kappa shape index (κ3) is 3.78. The van der Waals surface area contributed by atoms with Gasteiger partial charge in [0.05, 0.1) is 6.04 Å². The molecule has 3 rings (SSSR count). The van der Waals surface area contributed by atoms with Crippen LogP contribution in [0.3, 0.4) is 0 Å². The maximum atomic E-state index is 11.6. The van der Waals surface area contributed by atoms with Crippen molar-refractivity contribution in [2.45, 2.75) is 13.0 Å². The molecule has 2 aromatic carbocycles. The summed E-state index contributed by atoms with van der Waals surface area (Å²) in [5.74, 6) is 6.30. The highest BCUT2D eigenvalue weighted by atomic mass is 16.2. The summed E-state index contributed by atoms with van der Waals surface area (Å²) in [7, 11) is 0. The number of hydrogen-bond acceptors (Lipinski definition) is 3. The van der Waals surface area contributed by atoms with Crippen LogP contribution in [-0.4, -0.2) is 16.9 Å². The van der Waals surface area contributed by atoms with Crippen LogP contribution in [0, 0.1) is 11.8 Å². The van der Waals surface area contributed by atoms with Gasteiger partial charge in [0.2, 0.25) is 5.91 Å². The molecule has 4 nitrogen and oxygen atoms in total. The first kappa shape index (κ1) is 15.7. The molecule has 1 heterocycles. The molecule has 1 unspecified atom stereocenters. The summed E-state index contributed by atoms with van der Waals surface area (Å²) in [5, 5.41) is 4.99. The summed E-state index contributed by atoms with van der Waals surface area (Å²) >= 11 is 0. The lowest BCUT2D eigenvalue weighted by atomic mass is 10.1. The zero-order valence-corrected chi connectivity index (χ0v) is 13.3. The summed E-state index contributed by atoms with van der Waals surface area (Å²) in [5.41, 5.74) is 7.04. The number of anilines is 1. The van der Waals surface area contributed by atoms with Gasteiger partial charge in [-0.25, -0.2) is 4.98 Å². The van der Waals surface area contributed by atoms with E-state index in [2.05, 4.69) is 34.3 Å². The number of carbonyl (C=O) groups is 1. The fourth-order valence-corrected chi connectivity index (χ4v) is 2.22. The number of nitrogens with two attached hydrogens (primary N) is 1. The van der Waals surface area contributed by atoms with Gasteiger partial charge in [0.1, 0.15) is 11.5 Å². The molecule has 3 N–H and O–H groups in total. The number of rotatable bonds is 2. The molecule has 118 valence electrons. The number of amides is 1. The van der Waals surface area contributed by atoms with Crippen molar-refractivity contribution in [2.75, 3.05) is 5.32 Å². The van der Waals surface area contributed by atoms with Gasteiger partial charge in [-0.1, -0.05) is 42.3 Å². The molecule has 1 aromatic heterocycles. The Morgan fingerprint density at radius 1 is 1.04 bits per heavy atom. The van der Waals surface area contributed by atoms with Gasteiger partial charge in [-0.15, -0.1) is 0 Å². The predicted molar refractivity (Wildman–Crippen MR) is 96.4 cm³/mol. The lowest BCUT2D eigenvalue weighted by Gasteiger charge is -2.06. The van der Waals surface area contributed by atoms with E-state index in [-0.39, 0.29) is 5.91 Å². The molecule has 0 aliphatic rings. The standard InChI is InChI=1S/C20H17N3O/c1-14(21)20(24)23-19-8-4-7-18(22-19)12-10-15-9-11-16-5-2-3-6-17(16)13-15/h2-9,11,13-14H,21H2,1H3,(H,22,23,24). The lowest BCUT2D eigenvalue weighted by Crippen LogP contribution is -2.32. The average Bonchev–Trinajstić information content (AvgIpc) is 2.60. The predicted octanol–water partition coefficient (Wildman–Crippen LogP) is 2.92. The Balaban J connectivity index is 1.83. The van der Waals surface area contributed by atoms with Gasteiger partial charge >= 0.3 is 0 Å². The van der Waals surface area contributed by atoms with Crippen molar-refractivity contribution < 1.29 is 4.79 Å². The first-order chi connectivity index (χ1) is 11.6. The number of nitrogens with one attached hydrogen (secondary N) is 1. The first-order valence-corrected chi connectivity index (χ1v) is 7.66. The van der Waals surface area contributed by atoms with E-state index < -0.39 is 6.04 Å². The van der Waals surface area contributed by atoms with Crippen molar-refractivity contribution in [3.8, 4) is 11.8 Å². The maximum absolute atomic E-state index is 11.6. The molecule has 24 heavy (non-hydrogen) atoms. The molecular formula is C20H17N3O. The lowest BCUT2D eigenvalue weighted by molar-refractivity contribution is -0.117. The van der Waals surface area contributed by atoms with Gasteiger partial charge in [-0.3, -0.25) is 4.79 Å². The zero-order valence-electron chi connectivity index (χ0n) is 13.3. The third-order valence-electron chi connectivity index (χ3n) is 3.50. The second kappa shape index (κ2) is 6.95. The van der Waals surface area contributed by atoms with Crippen LogP contribution < -0.4 is 11.1 Å². The second-order valence-corrected chi connectivity index (χ2v) is 5.50. The van der Waals surface area contributed by atoms with E-state index in [9.17, 15) is 4.79 Å². The van der Waals surface area contributed by atoms with E-state index in [1.54, 1.807) is 25.1 Å². The molecule has 0 fully saturated rings. The molecule has 1 atom stereocenters. The number of nitrogens with zero attached hydrogens (tertiary/aromatic N) is 1. The molecule has 4 heteroatoms. The Bertz CT molecular complexity index is 952. The fourth-order valence-electron chi connectivity index (χ4n) is 2.22. The number of hydrogen-bond donors (Lipinski definition) is 2. The minimum Gasteiger partial charge on any atom is -0.320 e. The van der Waals surface area contributed by atoms with E-state index in [4.69, 9.17) is 5.73 Å². The Kier molecular flexibility index (Phi) is 4.55. The summed E-state index contributed by atoms with van der Waals surface area (Å²) in [4.78, 5) is 15.9.